The SMILES string of the molecule is CCCn1c(-c2cc(N)n[nH]2)nc2ccccc21. The summed E-state index contributed by atoms with van der Waals surface area (Å²) in [6, 6.07) is 9.94. The minimum atomic E-state index is 0.486. The second-order valence-electron chi connectivity index (χ2n) is 4.28. The topological polar surface area (TPSA) is 72.5 Å². The molecular weight excluding hydrogens is 226 g/mol. The van der Waals surface area contributed by atoms with Gasteiger partial charge < -0.3 is 10.3 Å². The van der Waals surface area contributed by atoms with Gasteiger partial charge in [0.25, 0.3) is 0 Å². The molecule has 0 aliphatic rings. The summed E-state index contributed by atoms with van der Waals surface area (Å²) in [5, 5.41) is 6.89. The zero-order valence-corrected chi connectivity index (χ0v) is 10.2. The van der Waals surface area contributed by atoms with E-state index in [4.69, 9.17) is 5.73 Å². The summed E-state index contributed by atoms with van der Waals surface area (Å²) in [5.74, 6) is 1.38. The monoisotopic (exact) mass is 241 g/mol. The van der Waals surface area contributed by atoms with Crippen LogP contribution in [0.3, 0.4) is 0 Å². The summed E-state index contributed by atoms with van der Waals surface area (Å²) in [6.45, 7) is 3.08. The molecule has 0 spiro atoms. The quantitative estimate of drug-likeness (QED) is 0.739. The molecule has 3 rings (SSSR count). The van der Waals surface area contributed by atoms with Crippen molar-refractivity contribution in [3.05, 3.63) is 30.3 Å². The van der Waals surface area contributed by atoms with Crippen molar-refractivity contribution >= 4 is 16.9 Å². The Labute approximate surface area is 105 Å². The Kier molecular flexibility index (Phi) is 2.51. The van der Waals surface area contributed by atoms with E-state index in [-0.39, 0.29) is 0 Å². The molecule has 0 bridgehead atoms. The number of aromatic amines is 1. The Hall–Kier alpha value is -2.30. The first-order chi connectivity index (χ1) is 8.79. The Morgan fingerprint density at radius 3 is 2.89 bits per heavy atom. The number of nitrogens with one attached hydrogen (secondary N) is 1. The van der Waals surface area contributed by atoms with Crippen molar-refractivity contribution in [1.82, 2.24) is 19.7 Å². The number of hydrogen-bond donors (Lipinski definition) is 2. The third kappa shape index (κ3) is 1.64. The van der Waals surface area contributed by atoms with Crippen LogP contribution in [0.4, 0.5) is 5.82 Å². The van der Waals surface area contributed by atoms with Crippen LogP contribution in [0.25, 0.3) is 22.6 Å². The third-order valence-electron chi connectivity index (χ3n) is 2.94. The fourth-order valence-electron chi connectivity index (χ4n) is 2.18. The highest BCUT2D eigenvalue weighted by molar-refractivity contribution is 5.80. The molecule has 2 heterocycles. The van der Waals surface area contributed by atoms with Crippen molar-refractivity contribution in [3.63, 3.8) is 0 Å². The van der Waals surface area contributed by atoms with Gasteiger partial charge in [0.05, 0.1) is 11.0 Å². The number of nitrogens with zero attached hydrogens (tertiary/aromatic N) is 3. The summed E-state index contributed by atoms with van der Waals surface area (Å²) >= 11 is 0. The highest BCUT2D eigenvalue weighted by Crippen LogP contribution is 2.24. The zero-order chi connectivity index (χ0) is 12.5. The molecule has 0 amide bonds. The molecule has 5 heteroatoms. The number of aromatic nitrogens is 4. The van der Waals surface area contributed by atoms with E-state index in [0.29, 0.717) is 5.82 Å². The fraction of sp³-hybridized carbons (Fsp3) is 0.231. The molecule has 3 N–H and O–H groups in total. The summed E-state index contributed by atoms with van der Waals surface area (Å²) in [6.07, 6.45) is 1.05. The van der Waals surface area contributed by atoms with E-state index in [1.54, 1.807) is 0 Å². The van der Waals surface area contributed by atoms with E-state index in [0.717, 1.165) is 35.5 Å². The van der Waals surface area contributed by atoms with E-state index in [1.165, 1.54) is 0 Å². The van der Waals surface area contributed by atoms with Gasteiger partial charge in [-0.3, -0.25) is 5.10 Å². The number of imidazole rings is 1. The molecule has 92 valence electrons. The highest BCUT2D eigenvalue weighted by atomic mass is 15.2. The second kappa shape index (κ2) is 4.18. The van der Waals surface area contributed by atoms with Crippen molar-refractivity contribution in [2.75, 3.05) is 5.73 Å². The molecule has 0 aliphatic carbocycles. The predicted octanol–water partition coefficient (Wildman–Crippen LogP) is 2.42. The van der Waals surface area contributed by atoms with Crippen LogP contribution in [-0.4, -0.2) is 19.7 Å². The van der Waals surface area contributed by atoms with E-state index in [2.05, 4.69) is 32.7 Å². The summed E-state index contributed by atoms with van der Waals surface area (Å²) in [5.41, 5.74) is 8.65. The van der Waals surface area contributed by atoms with Crippen molar-refractivity contribution in [3.8, 4) is 11.5 Å². The van der Waals surface area contributed by atoms with Gasteiger partial charge in [-0.15, -0.1) is 0 Å². The molecule has 0 saturated carbocycles. The average Bonchev–Trinajstić information content (AvgIpc) is 2.95. The molecule has 0 fully saturated rings. The van der Waals surface area contributed by atoms with Gasteiger partial charge >= 0.3 is 0 Å². The first-order valence-corrected chi connectivity index (χ1v) is 6.06. The predicted molar refractivity (Wildman–Crippen MR) is 72.0 cm³/mol. The minimum absolute atomic E-state index is 0.486. The van der Waals surface area contributed by atoms with E-state index >= 15 is 0 Å². The zero-order valence-electron chi connectivity index (χ0n) is 10.2. The molecule has 0 aliphatic heterocycles. The van der Waals surface area contributed by atoms with Crippen LogP contribution in [0, 0.1) is 0 Å². The summed E-state index contributed by atoms with van der Waals surface area (Å²) in [7, 11) is 0. The van der Waals surface area contributed by atoms with Crippen LogP contribution in [0.2, 0.25) is 0 Å². The number of rotatable bonds is 3. The van der Waals surface area contributed by atoms with Gasteiger partial charge in [0, 0.05) is 12.6 Å². The standard InChI is InChI=1S/C13H15N5/c1-2-7-18-11-6-4-3-5-9(11)15-13(18)10-8-12(14)17-16-10/h3-6,8H,2,7H2,1H3,(H3,14,16,17). The number of hydrogen-bond acceptors (Lipinski definition) is 3. The van der Waals surface area contributed by atoms with Crippen LogP contribution < -0.4 is 5.73 Å². The Morgan fingerprint density at radius 1 is 1.33 bits per heavy atom. The van der Waals surface area contributed by atoms with Crippen LogP contribution in [-0.2, 0) is 6.54 Å². The number of anilines is 1. The average molecular weight is 241 g/mol. The van der Waals surface area contributed by atoms with Crippen LogP contribution >= 0.6 is 0 Å². The third-order valence-corrected chi connectivity index (χ3v) is 2.94. The number of H-pyrrole nitrogens is 1. The van der Waals surface area contributed by atoms with Crippen molar-refractivity contribution in [2.24, 2.45) is 0 Å². The fourth-order valence-corrected chi connectivity index (χ4v) is 2.18. The molecule has 0 saturated heterocycles. The maximum absolute atomic E-state index is 5.65. The largest absolute Gasteiger partial charge is 0.382 e. The summed E-state index contributed by atoms with van der Waals surface area (Å²) in [4.78, 5) is 4.65. The Balaban J connectivity index is 2.24. The van der Waals surface area contributed by atoms with Gasteiger partial charge in [-0.25, -0.2) is 4.98 Å². The van der Waals surface area contributed by atoms with E-state index < -0.39 is 0 Å². The lowest BCUT2D eigenvalue weighted by atomic mass is 10.3. The molecule has 18 heavy (non-hydrogen) atoms. The Bertz CT molecular complexity index is 680. The first-order valence-electron chi connectivity index (χ1n) is 6.06. The molecular formula is C13H15N5. The van der Waals surface area contributed by atoms with E-state index in [1.807, 2.05) is 24.3 Å². The highest BCUT2D eigenvalue weighted by Gasteiger charge is 2.13. The van der Waals surface area contributed by atoms with Gasteiger partial charge in [0.15, 0.2) is 5.82 Å². The molecule has 0 atom stereocenters. The smallest absolute Gasteiger partial charge is 0.159 e. The van der Waals surface area contributed by atoms with Gasteiger partial charge in [0.1, 0.15) is 11.5 Å². The molecule has 0 unspecified atom stereocenters. The van der Waals surface area contributed by atoms with Gasteiger partial charge in [-0.2, -0.15) is 5.10 Å². The van der Waals surface area contributed by atoms with Gasteiger partial charge in [-0.1, -0.05) is 19.1 Å². The van der Waals surface area contributed by atoms with Crippen molar-refractivity contribution < 1.29 is 0 Å². The van der Waals surface area contributed by atoms with Crippen LogP contribution in [0.1, 0.15) is 13.3 Å². The molecule has 0 radical (unpaired) electrons. The minimum Gasteiger partial charge on any atom is -0.382 e. The number of nitrogens with two attached hydrogens (primary N) is 1. The summed E-state index contributed by atoms with van der Waals surface area (Å²) < 4.78 is 2.20. The number of nitrogen functional groups attached to an aromatic ring is 1. The molecule has 5 nitrogen and oxygen atoms in total. The van der Waals surface area contributed by atoms with Crippen LogP contribution in [0.5, 0.6) is 0 Å². The second-order valence-corrected chi connectivity index (χ2v) is 4.28. The molecule has 2 aromatic heterocycles. The lowest BCUT2D eigenvalue weighted by Gasteiger charge is -2.05. The van der Waals surface area contributed by atoms with Crippen molar-refractivity contribution in [2.45, 2.75) is 19.9 Å². The lowest BCUT2D eigenvalue weighted by Crippen LogP contribution is -1.99. The molecule has 3 aromatic rings. The number of para-hydroxylation sites is 2. The maximum atomic E-state index is 5.65. The normalized spacial score (nSPS) is 11.2. The first kappa shape index (κ1) is 10.8. The van der Waals surface area contributed by atoms with Gasteiger partial charge in [0.2, 0.25) is 0 Å². The number of fused-ring (bicyclic) bond motifs is 1. The number of benzene rings is 1. The molecule has 1 aromatic carbocycles. The van der Waals surface area contributed by atoms with Gasteiger partial charge in [-0.05, 0) is 18.6 Å². The van der Waals surface area contributed by atoms with E-state index in [9.17, 15) is 0 Å². The van der Waals surface area contributed by atoms with Crippen molar-refractivity contribution in [1.29, 1.82) is 0 Å². The maximum Gasteiger partial charge on any atom is 0.159 e. The van der Waals surface area contributed by atoms with Crippen LogP contribution in [0.15, 0.2) is 30.3 Å². The lowest BCUT2D eigenvalue weighted by molar-refractivity contribution is 0.702. The number of aryl methyl sites for hydroxylation is 1. The Morgan fingerprint density at radius 2 is 2.17 bits per heavy atom.